The smallest absolute Gasteiger partial charge is 0.186 e. The van der Waals surface area contributed by atoms with Gasteiger partial charge in [-0.05, 0) is 30.5 Å². The Bertz CT molecular complexity index is 508. The number of hydrogen-bond donors (Lipinski definition) is 1. The summed E-state index contributed by atoms with van der Waals surface area (Å²) in [4.78, 5) is 0.296. The molecule has 86 valence electrons. The molecule has 1 N–H and O–H groups in total. The van der Waals surface area contributed by atoms with E-state index >= 15 is 0 Å². The third-order valence-electron chi connectivity index (χ3n) is 2.52. The average Bonchev–Trinajstić information content (AvgIpc) is 2.83. The van der Waals surface area contributed by atoms with Gasteiger partial charge in [0.15, 0.2) is 9.84 Å². The zero-order valence-electron chi connectivity index (χ0n) is 8.88. The van der Waals surface area contributed by atoms with Gasteiger partial charge in [-0.15, -0.1) is 0 Å². The first-order valence-electron chi connectivity index (χ1n) is 4.92. The number of sulfone groups is 1. The third kappa shape index (κ3) is 1.90. The first kappa shape index (κ1) is 11.0. The molecule has 1 aromatic rings. The molecule has 1 aromatic carbocycles. The van der Waals surface area contributed by atoms with Crippen LogP contribution in [0.25, 0.3) is 0 Å². The van der Waals surface area contributed by atoms with E-state index in [9.17, 15) is 8.42 Å². The molecule has 0 radical (unpaired) electrons. The molecule has 4 nitrogen and oxygen atoms in total. The van der Waals surface area contributed by atoms with E-state index in [-0.39, 0.29) is 0 Å². The normalized spacial score (nSPS) is 19.4. The Hall–Kier alpha value is -1.49. The summed E-state index contributed by atoms with van der Waals surface area (Å²) in [6.45, 7) is 0.430. The Morgan fingerprint density at radius 1 is 1.44 bits per heavy atom. The number of benzene rings is 1. The van der Waals surface area contributed by atoms with E-state index in [1.807, 2.05) is 0 Å². The van der Waals surface area contributed by atoms with Crippen LogP contribution in [0.5, 0.6) is 5.75 Å². The molecule has 1 atom stereocenters. The second-order valence-electron chi connectivity index (χ2n) is 3.53. The molecule has 0 saturated carbocycles. The monoisotopic (exact) mass is 239 g/mol. The van der Waals surface area contributed by atoms with Crippen LogP contribution in [0.4, 0.5) is 0 Å². The van der Waals surface area contributed by atoms with Gasteiger partial charge in [0.25, 0.3) is 0 Å². The van der Waals surface area contributed by atoms with Gasteiger partial charge in [-0.1, -0.05) is 6.07 Å². The van der Waals surface area contributed by atoms with Crippen LogP contribution in [0.2, 0.25) is 0 Å². The van der Waals surface area contributed by atoms with E-state index in [2.05, 4.69) is 5.32 Å². The van der Waals surface area contributed by atoms with Crippen molar-refractivity contribution in [2.45, 2.75) is 10.1 Å². The minimum Gasteiger partial charge on any atom is -0.497 e. The number of hydrogen-bond acceptors (Lipinski definition) is 4. The van der Waals surface area contributed by atoms with Gasteiger partial charge in [-0.2, -0.15) is 0 Å². The maximum Gasteiger partial charge on any atom is 0.186 e. The van der Waals surface area contributed by atoms with Crippen molar-refractivity contribution in [2.75, 3.05) is 13.7 Å². The molecule has 0 bridgehead atoms. The number of rotatable bonds is 3. The molecule has 1 aliphatic rings. The third-order valence-corrected chi connectivity index (χ3v) is 4.55. The van der Waals surface area contributed by atoms with Crippen LogP contribution < -0.4 is 10.1 Å². The van der Waals surface area contributed by atoms with Crippen LogP contribution in [0.1, 0.15) is 0 Å². The summed E-state index contributed by atoms with van der Waals surface area (Å²) in [7, 11) is -1.78. The summed E-state index contributed by atoms with van der Waals surface area (Å²) in [6, 6.07) is 6.53. The van der Waals surface area contributed by atoms with Crippen LogP contribution in [-0.4, -0.2) is 27.3 Å². The molecule has 0 aromatic heterocycles. The first-order valence-corrected chi connectivity index (χ1v) is 6.47. The molecular weight excluding hydrogens is 226 g/mol. The van der Waals surface area contributed by atoms with Gasteiger partial charge in [0.05, 0.1) is 12.0 Å². The van der Waals surface area contributed by atoms with Gasteiger partial charge >= 0.3 is 0 Å². The maximum absolute atomic E-state index is 12.2. The number of ether oxygens (including phenoxy) is 1. The molecule has 0 unspecified atom stereocenters. The molecule has 0 saturated heterocycles. The average molecular weight is 239 g/mol. The van der Waals surface area contributed by atoms with Crippen molar-refractivity contribution >= 4 is 9.84 Å². The van der Waals surface area contributed by atoms with E-state index in [1.54, 1.807) is 36.5 Å². The zero-order chi connectivity index (χ0) is 11.6. The minimum absolute atomic E-state index is 0.296. The van der Waals surface area contributed by atoms with E-state index in [0.717, 1.165) is 0 Å². The van der Waals surface area contributed by atoms with Crippen LogP contribution in [0.3, 0.4) is 0 Å². The Morgan fingerprint density at radius 3 is 2.88 bits per heavy atom. The van der Waals surface area contributed by atoms with Crippen molar-refractivity contribution < 1.29 is 13.2 Å². The molecule has 0 fully saturated rings. The topological polar surface area (TPSA) is 55.4 Å². The lowest BCUT2D eigenvalue weighted by molar-refractivity contribution is 0.413. The van der Waals surface area contributed by atoms with Crippen LogP contribution in [0, 0.1) is 0 Å². The van der Waals surface area contributed by atoms with Crippen LogP contribution in [0.15, 0.2) is 41.4 Å². The molecular formula is C11H13NO3S. The Labute approximate surface area is 94.8 Å². The Balaban J connectivity index is 2.38. The quantitative estimate of drug-likeness (QED) is 0.853. The molecule has 0 aliphatic carbocycles. The summed E-state index contributed by atoms with van der Waals surface area (Å²) in [5, 5.41) is 2.40. The van der Waals surface area contributed by atoms with Crippen molar-refractivity contribution in [3.8, 4) is 5.75 Å². The summed E-state index contributed by atoms with van der Waals surface area (Å²) in [5.74, 6) is 0.552. The standard InChI is InChI=1S/C11H13NO3S/c1-15-9-3-2-4-10(7-9)16(13,14)11-5-6-12-8-11/h2-7,11-12H,8H2,1H3/t11-/m1/s1. The minimum atomic E-state index is -3.30. The van der Waals surface area contributed by atoms with E-state index in [4.69, 9.17) is 4.74 Å². The fourth-order valence-corrected chi connectivity index (χ4v) is 3.09. The van der Waals surface area contributed by atoms with Gasteiger partial charge in [-0.3, -0.25) is 0 Å². The van der Waals surface area contributed by atoms with Gasteiger partial charge in [0.2, 0.25) is 0 Å². The van der Waals surface area contributed by atoms with Crippen molar-refractivity contribution in [1.82, 2.24) is 5.32 Å². The fourth-order valence-electron chi connectivity index (χ4n) is 1.59. The highest BCUT2D eigenvalue weighted by Crippen LogP contribution is 2.22. The highest BCUT2D eigenvalue weighted by molar-refractivity contribution is 7.92. The molecule has 1 aliphatic heterocycles. The summed E-state index contributed by atoms with van der Waals surface area (Å²) in [5.41, 5.74) is 0. The zero-order valence-corrected chi connectivity index (χ0v) is 9.70. The predicted octanol–water partition coefficient (Wildman–Crippen LogP) is 0.954. The molecule has 0 amide bonds. The number of methoxy groups -OCH3 is 1. The van der Waals surface area contributed by atoms with E-state index < -0.39 is 15.1 Å². The van der Waals surface area contributed by atoms with Crippen LogP contribution >= 0.6 is 0 Å². The lowest BCUT2D eigenvalue weighted by Crippen LogP contribution is -2.24. The van der Waals surface area contributed by atoms with E-state index in [0.29, 0.717) is 17.2 Å². The van der Waals surface area contributed by atoms with Crippen molar-refractivity contribution in [3.63, 3.8) is 0 Å². The fraction of sp³-hybridized carbons (Fsp3) is 0.273. The van der Waals surface area contributed by atoms with Gasteiger partial charge in [-0.25, -0.2) is 8.42 Å². The van der Waals surface area contributed by atoms with Gasteiger partial charge in [0.1, 0.15) is 11.0 Å². The van der Waals surface area contributed by atoms with E-state index in [1.165, 1.54) is 7.11 Å². The van der Waals surface area contributed by atoms with Crippen molar-refractivity contribution in [3.05, 3.63) is 36.5 Å². The molecule has 0 spiro atoms. The van der Waals surface area contributed by atoms with Crippen molar-refractivity contribution in [1.29, 1.82) is 0 Å². The highest BCUT2D eigenvalue weighted by atomic mass is 32.2. The van der Waals surface area contributed by atoms with Crippen molar-refractivity contribution in [2.24, 2.45) is 0 Å². The first-order chi connectivity index (χ1) is 7.64. The lowest BCUT2D eigenvalue weighted by atomic mass is 10.3. The SMILES string of the molecule is COc1cccc(S(=O)(=O)[C@@H]2C=CNC2)c1. The van der Waals surface area contributed by atoms with Gasteiger partial charge < -0.3 is 10.1 Å². The number of nitrogens with one attached hydrogen (secondary N) is 1. The summed E-state index contributed by atoms with van der Waals surface area (Å²) in [6.07, 6.45) is 3.33. The second-order valence-corrected chi connectivity index (χ2v) is 5.70. The summed E-state index contributed by atoms with van der Waals surface area (Å²) >= 11 is 0. The predicted molar refractivity (Wildman–Crippen MR) is 61.1 cm³/mol. The second kappa shape index (κ2) is 4.17. The van der Waals surface area contributed by atoms with Crippen LogP contribution in [-0.2, 0) is 9.84 Å². The Kier molecular flexibility index (Phi) is 2.87. The maximum atomic E-state index is 12.2. The Morgan fingerprint density at radius 2 is 2.25 bits per heavy atom. The molecule has 2 rings (SSSR count). The highest BCUT2D eigenvalue weighted by Gasteiger charge is 2.27. The van der Waals surface area contributed by atoms with Gasteiger partial charge in [0, 0.05) is 6.54 Å². The molecule has 5 heteroatoms. The lowest BCUT2D eigenvalue weighted by Gasteiger charge is -2.10. The summed E-state index contributed by atoms with van der Waals surface area (Å²) < 4.78 is 29.3. The molecule has 1 heterocycles. The molecule has 16 heavy (non-hydrogen) atoms. The largest absolute Gasteiger partial charge is 0.497 e.